The standard InChI is InChI=1S/C13H20N4O2S/c1-6-5-7(6)16-12-8(11(18)15-2)9(14)10(20-12)13(19)17(3)4/h6-7,16H,5,14H2,1-4H3,(H,15,18). The maximum absolute atomic E-state index is 12.1. The first kappa shape index (κ1) is 14.6. The van der Waals surface area contributed by atoms with E-state index in [1.807, 2.05) is 0 Å². The third kappa shape index (κ3) is 2.58. The fourth-order valence-corrected chi connectivity index (χ4v) is 3.15. The zero-order valence-corrected chi connectivity index (χ0v) is 12.9. The first-order valence-electron chi connectivity index (χ1n) is 6.49. The molecule has 0 saturated heterocycles. The lowest BCUT2D eigenvalue weighted by Gasteiger charge is -2.08. The van der Waals surface area contributed by atoms with Crippen LogP contribution in [0.3, 0.4) is 0 Å². The largest absolute Gasteiger partial charge is 0.397 e. The molecular formula is C13H20N4O2S. The number of nitrogens with one attached hydrogen (secondary N) is 2. The zero-order chi connectivity index (χ0) is 15.0. The smallest absolute Gasteiger partial charge is 0.265 e. The van der Waals surface area contributed by atoms with Gasteiger partial charge in [-0.2, -0.15) is 0 Å². The third-order valence-electron chi connectivity index (χ3n) is 3.43. The van der Waals surface area contributed by atoms with Gasteiger partial charge in [-0.1, -0.05) is 6.92 Å². The van der Waals surface area contributed by atoms with Gasteiger partial charge in [-0.25, -0.2) is 0 Å². The number of hydrogen-bond acceptors (Lipinski definition) is 5. The number of nitrogen functional groups attached to an aromatic ring is 1. The van der Waals surface area contributed by atoms with Crippen molar-refractivity contribution >= 4 is 33.8 Å². The molecule has 0 bridgehead atoms. The summed E-state index contributed by atoms with van der Waals surface area (Å²) in [6, 6.07) is 0.360. The SMILES string of the molecule is CNC(=O)c1c(NC2CC2C)sc(C(=O)N(C)C)c1N. The second kappa shape index (κ2) is 5.32. The van der Waals surface area contributed by atoms with E-state index in [0.717, 1.165) is 6.42 Å². The first-order chi connectivity index (χ1) is 9.36. The van der Waals surface area contributed by atoms with Crippen LogP contribution in [-0.4, -0.2) is 43.9 Å². The van der Waals surface area contributed by atoms with Gasteiger partial charge >= 0.3 is 0 Å². The van der Waals surface area contributed by atoms with E-state index in [9.17, 15) is 9.59 Å². The minimum Gasteiger partial charge on any atom is -0.397 e. The van der Waals surface area contributed by atoms with Crippen LogP contribution in [0.5, 0.6) is 0 Å². The molecule has 4 N–H and O–H groups in total. The van der Waals surface area contributed by atoms with Crippen molar-refractivity contribution in [3.8, 4) is 0 Å². The normalized spacial score (nSPS) is 20.4. The molecule has 1 heterocycles. The lowest BCUT2D eigenvalue weighted by molar-refractivity contribution is 0.0833. The maximum Gasteiger partial charge on any atom is 0.265 e. The molecule has 7 heteroatoms. The Balaban J connectivity index is 2.40. The van der Waals surface area contributed by atoms with Crippen molar-refractivity contribution < 1.29 is 9.59 Å². The van der Waals surface area contributed by atoms with Gasteiger partial charge < -0.3 is 21.3 Å². The summed E-state index contributed by atoms with van der Waals surface area (Å²) in [7, 11) is 4.88. The van der Waals surface area contributed by atoms with Crippen molar-refractivity contribution in [1.29, 1.82) is 0 Å². The summed E-state index contributed by atoms with van der Waals surface area (Å²) in [6.07, 6.45) is 1.07. The van der Waals surface area contributed by atoms with Crippen LogP contribution in [0.25, 0.3) is 0 Å². The summed E-state index contributed by atoms with van der Waals surface area (Å²) in [6.45, 7) is 2.14. The van der Waals surface area contributed by atoms with E-state index in [1.165, 1.54) is 16.2 Å². The Morgan fingerprint density at radius 1 is 1.40 bits per heavy atom. The van der Waals surface area contributed by atoms with Crippen LogP contribution in [-0.2, 0) is 0 Å². The Morgan fingerprint density at radius 2 is 2.00 bits per heavy atom. The van der Waals surface area contributed by atoms with Crippen LogP contribution in [0.2, 0.25) is 0 Å². The topological polar surface area (TPSA) is 87.5 Å². The molecule has 0 aliphatic heterocycles. The van der Waals surface area contributed by atoms with E-state index < -0.39 is 0 Å². The fraction of sp³-hybridized carbons (Fsp3) is 0.538. The zero-order valence-electron chi connectivity index (χ0n) is 12.1. The number of rotatable bonds is 4. The van der Waals surface area contributed by atoms with Crippen molar-refractivity contribution in [2.24, 2.45) is 5.92 Å². The third-order valence-corrected chi connectivity index (χ3v) is 4.55. The van der Waals surface area contributed by atoms with Gasteiger partial charge in [0.1, 0.15) is 9.88 Å². The number of nitrogens with zero attached hydrogens (tertiary/aromatic N) is 1. The van der Waals surface area contributed by atoms with E-state index in [1.54, 1.807) is 21.1 Å². The summed E-state index contributed by atoms with van der Waals surface area (Å²) in [5.74, 6) is 0.130. The second-order valence-corrected chi connectivity index (χ2v) is 6.31. The van der Waals surface area contributed by atoms with Gasteiger partial charge in [-0.15, -0.1) is 11.3 Å². The van der Waals surface area contributed by atoms with Crippen molar-refractivity contribution in [3.63, 3.8) is 0 Å². The molecule has 1 aliphatic carbocycles. The number of carbonyl (C=O) groups is 2. The quantitative estimate of drug-likeness (QED) is 0.779. The Hall–Kier alpha value is -1.76. The van der Waals surface area contributed by atoms with Crippen molar-refractivity contribution in [1.82, 2.24) is 10.2 Å². The van der Waals surface area contributed by atoms with Crippen LogP contribution < -0.4 is 16.4 Å². The molecule has 1 saturated carbocycles. The first-order valence-corrected chi connectivity index (χ1v) is 7.31. The Labute approximate surface area is 122 Å². The summed E-state index contributed by atoms with van der Waals surface area (Å²) in [5.41, 5.74) is 6.64. The van der Waals surface area contributed by atoms with Gasteiger partial charge in [0.05, 0.1) is 11.3 Å². The lowest BCUT2D eigenvalue weighted by Crippen LogP contribution is -2.23. The average Bonchev–Trinajstić information content (AvgIpc) is 2.98. The maximum atomic E-state index is 12.1. The summed E-state index contributed by atoms with van der Waals surface area (Å²) >= 11 is 1.25. The molecule has 0 aromatic carbocycles. The van der Waals surface area contributed by atoms with E-state index >= 15 is 0 Å². The second-order valence-electron chi connectivity index (χ2n) is 5.29. The predicted octanol–water partition coefficient (Wildman–Crippen LogP) is 1.21. The monoisotopic (exact) mass is 296 g/mol. The molecule has 0 radical (unpaired) electrons. The minimum atomic E-state index is -0.271. The molecular weight excluding hydrogens is 276 g/mol. The van der Waals surface area contributed by atoms with Crippen molar-refractivity contribution in [3.05, 3.63) is 10.4 Å². The molecule has 1 aromatic rings. The number of carbonyl (C=O) groups excluding carboxylic acids is 2. The van der Waals surface area contributed by atoms with E-state index in [-0.39, 0.29) is 17.5 Å². The number of thiophene rings is 1. The Bertz CT molecular complexity index is 553. The molecule has 1 aliphatic rings. The highest BCUT2D eigenvalue weighted by Gasteiger charge is 2.35. The lowest BCUT2D eigenvalue weighted by atomic mass is 10.2. The average molecular weight is 296 g/mol. The molecule has 20 heavy (non-hydrogen) atoms. The van der Waals surface area contributed by atoms with Crippen LogP contribution in [0.1, 0.15) is 33.4 Å². The fourth-order valence-electron chi connectivity index (χ4n) is 1.95. The van der Waals surface area contributed by atoms with Crippen LogP contribution in [0.15, 0.2) is 0 Å². The molecule has 1 fully saturated rings. The molecule has 6 nitrogen and oxygen atoms in total. The molecule has 2 unspecified atom stereocenters. The predicted molar refractivity (Wildman–Crippen MR) is 81.3 cm³/mol. The number of amides is 2. The van der Waals surface area contributed by atoms with Crippen LogP contribution >= 0.6 is 11.3 Å². The highest BCUT2D eigenvalue weighted by atomic mass is 32.1. The molecule has 110 valence electrons. The number of anilines is 2. The molecule has 2 amide bonds. The van der Waals surface area contributed by atoms with Crippen LogP contribution in [0.4, 0.5) is 10.7 Å². The molecule has 2 atom stereocenters. The van der Waals surface area contributed by atoms with Crippen molar-refractivity contribution in [2.45, 2.75) is 19.4 Å². The van der Waals surface area contributed by atoms with E-state index in [2.05, 4.69) is 17.6 Å². The highest BCUT2D eigenvalue weighted by molar-refractivity contribution is 7.19. The summed E-state index contributed by atoms with van der Waals surface area (Å²) in [5, 5.41) is 6.56. The minimum absolute atomic E-state index is 0.186. The van der Waals surface area contributed by atoms with Gasteiger partial charge in [-0.3, -0.25) is 9.59 Å². The number of hydrogen-bond donors (Lipinski definition) is 3. The van der Waals surface area contributed by atoms with E-state index in [0.29, 0.717) is 27.4 Å². The molecule has 1 aromatic heterocycles. The van der Waals surface area contributed by atoms with Gasteiger partial charge in [0.15, 0.2) is 0 Å². The summed E-state index contributed by atoms with van der Waals surface area (Å²) < 4.78 is 0. The Morgan fingerprint density at radius 3 is 2.45 bits per heavy atom. The van der Waals surface area contributed by atoms with E-state index in [4.69, 9.17) is 5.73 Å². The van der Waals surface area contributed by atoms with Gasteiger partial charge in [0.25, 0.3) is 11.8 Å². The van der Waals surface area contributed by atoms with Gasteiger partial charge in [0.2, 0.25) is 0 Å². The van der Waals surface area contributed by atoms with Crippen LogP contribution in [0, 0.1) is 5.92 Å². The summed E-state index contributed by atoms with van der Waals surface area (Å²) in [4.78, 5) is 26.0. The number of nitrogens with two attached hydrogens (primary N) is 1. The molecule has 2 rings (SSSR count). The molecule has 0 spiro atoms. The van der Waals surface area contributed by atoms with Gasteiger partial charge in [0, 0.05) is 27.2 Å². The Kier molecular flexibility index (Phi) is 3.89. The highest BCUT2D eigenvalue weighted by Crippen LogP contribution is 2.41. The van der Waals surface area contributed by atoms with Gasteiger partial charge in [-0.05, 0) is 12.3 Å². The van der Waals surface area contributed by atoms with Crippen molar-refractivity contribution in [2.75, 3.05) is 32.2 Å².